The molecule has 4 aliphatic heterocycles. The minimum atomic E-state index is -5.21. The fourth-order valence-corrected chi connectivity index (χ4v) is 7.69. The molecule has 0 unspecified atom stereocenters. The second-order valence-electron chi connectivity index (χ2n) is 13.8. The van der Waals surface area contributed by atoms with Crippen molar-refractivity contribution in [3.05, 3.63) is 58.7 Å². The lowest BCUT2D eigenvalue weighted by molar-refractivity contribution is -0.142. The molecule has 4 heterocycles. The highest BCUT2D eigenvalue weighted by Gasteiger charge is 2.42. The summed E-state index contributed by atoms with van der Waals surface area (Å²) in [6.07, 6.45) is -11.1. The number of nitrogens with one attached hydrogen (secondary N) is 2. The Morgan fingerprint density at radius 1 is 0.827 bits per heavy atom. The van der Waals surface area contributed by atoms with Crippen LogP contribution in [0.5, 0.6) is 0 Å². The molecule has 284 valence electrons. The highest BCUT2D eigenvalue weighted by Crippen LogP contribution is 2.42. The first-order chi connectivity index (χ1) is 24.7. The molecule has 3 fully saturated rings. The molecule has 0 aliphatic carbocycles. The van der Waals surface area contributed by atoms with Crippen LogP contribution in [0, 0.1) is 0 Å². The average molecular weight is 740 g/mol. The van der Waals surface area contributed by atoms with E-state index in [1.807, 2.05) is 24.3 Å². The Morgan fingerprint density at radius 3 is 2.02 bits per heavy atom. The van der Waals surface area contributed by atoms with Gasteiger partial charge in [0.1, 0.15) is 0 Å². The Morgan fingerprint density at radius 2 is 1.40 bits per heavy atom. The van der Waals surface area contributed by atoms with Crippen LogP contribution < -0.4 is 16.4 Å². The molecule has 17 heteroatoms. The number of amides is 4. The van der Waals surface area contributed by atoms with Crippen LogP contribution in [-0.4, -0.2) is 115 Å². The van der Waals surface area contributed by atoms with E-state index in [1.165, 1.54) is 9.80 Å². The van der Waals surface area contributed by atoms with E-state index in [2.05, 4.69) is 15.5 Å². The molecule has 4 amide bonds. The standard InChI is InChI=1S/C35H43F6N7O4/c36-34(37,38)26-19-22(20-27(30(26)42)35(39,40)41)21-29(31(49)46-12-6-24(7-13-46)45-17-10-43-11-18-45)52-33(51)47-14-8-25(9-15-47)48-16-5-23-3-1-2-4-28(23)44-32(48)50/h1-4,19-20,24-25,29,43H,5-18,21,42H2,(H,44,50)/t29-/m1/s1. The molecule has 2 aromatic carbocycles. The van der Waals surface area contributed by atoms with Crippen molar-refractivity contribution in [1.29, 1.82) is 0 Å². The van der Waals surface area contributed by atoms with Crippen molar-refractivity contribution in [2.75, 3.05) is 70.0 Å². The maximum atomic E-state index is 13.9. The van der Waals surface area contributed by atoms with E-state index in [9.17, 15) is 40.7 Å². The highest BCUT2D eigenvalue weighted by atomic mass is 19.4. The summed E-state index contributed by atoms with van der Waals surface area (Å²) in [5.74, 6) is -0.693. The van der Waals surface area contributed by atoms with E-state index in [0.717, 1.165) is 37.4 Å². The molecule has 0 spiro atoms. The van der Waals surface area contributed by atoms with Crippen LogP contribution in [0.2, 0.25) is 0 Å². The first-order valence-electron chi connectivity index (χ1n) is 17.6. The summed E-state index contributed by atoms with van der Waals surface area (Å²) in [6, 6.07) is 8.25. The number of para-hydroxylation sites is 1. The van der Waals surface area contributed by atoms with Crippen molar-refractivity contribution in [3.63, 3.8) is 0 Å². The molecule has 0 saturated carbocycles. The van der Waals surface area contributed by atoms with Gasteiger partial charge in [0.05, 0.1) is 16.8 Å². The number of carbonyl (C=O) groups excluding carboxylic acids is 3. The number of hydrogen-bond acceptors (Lipinski definition) is 7. The van der Waals surface area contributed by atoms with Crippen LogP contribution >= 0.6 is 0 Å². The molecule has 2 aromatic rings. The monoisotopic (exact) mass is 739 g/mol. The number of piperidine rings is 2. The molecule has 3 saturated heterocycles. The molecule has 4 aliphatic rings. The lowest BCUT2D eigenvalue weighted by Crippen LogP contribution is -2.54. The van der Waals surface area contributed by atoms with Crippen LogP contribution in [0.25, 0.3) is 0 Å². The van der Waals surface area contributed by atoms with Crippen molar-refractivity contribution in [1.82, 2.24) is 24.9 Å². The number of piperazine rings is 1. The smallest absolute Gasteiger partial charge is 0.418 e. The lowest BCUT2D eigenvalue weighted by atomic mass is 9.97. The number of ether oxygens (including phenoxy) is 1. The van der Waals surface area contributed by atoms with Crippen LogP contribution in [0.4, 0.5) is 47.3 Å². The van der Waals surface area contributed by atoms with E-state index >= 15 is 0 Å². The summed E-state index contributed by atoms with van der Waals surface area (Å²) in [5.41, 5.74) is 1.76. The molecule has 0 bridgehead atoms. The maximum absolute atomic E-state index is 13.9. The van der Waals surface area contributed by atoms with Gasteiger partial charge in [-0.2, -0.15) is 26.3 Å². The minimum absolute atomic E-state index is 0.162. The fraction of sp³-hybridized carbons (Fsp3) is 0.571. The van der Waals surface area contributed by atoms with Crippen molar-refractivity contribution in [3.8, 4) is 0 Å². The number of nitrogens with two attached hydrogens (primary N) is 1. The minimum Gasteiger partial charge on any atom is -0.436 e. The van der Waals surface area contributed by atoms with Gasteiger partial charge in [-0.25, -0.2) is 9.59 Å². The maximum Gasteiger partial charge on any atom is 0.418 e. The van der Waals surface area contributed by atoms with Crippen molar-refractivity contribution < 1.29 is 45.5 Å². The second kappa shape index (κ2) is 15.4. The van der Waals surface area contributed by atoms with Crippen molar-refractivity contribution in [2.45, 2.75) is 69.1 Å². The largest absolute Gasteiger partial charge is 0.436 e. The SMILES string of the molecule is Nc1c(C(F)(F)F)cc(C[C@@H](OC(=O)N2CCC(N3CCc4ccccc4NC3=O)CC2)C(=O)N2CCC(N3CCNCC3)CC2)cc1C(F)(F)F. The third-order valence-electron chi connectivity index (χ3n) is 10.5. The Bertz CT molecular complexity index is 1580. The van der Waals surface area contributed by atoms with Crippen molar-refractivity contribution >= 4 is 29.4 Å². The van der Waals surface area contributed by atoms with Gasteiger partial charge in [-0.1, -0.05) is 18.2 Å². The number of hydrogen-bond donors (Lipinski definition) is 3. The van der Waals surface area contributed by atoms with Gasteiger partial charge in [-0.15, -0.1) is 0 Å². The Balaban J connectivity index is 1.17. The molecule has 52 heavy (non-hydrogen) atoms. The fourth-order valence-electron chi connectivity index (χ4n) is 7.69. The van der Waals surface area contributed by atoms with Crippen molar-refractivity contribution in [2.24, 2.45) is 0 Å². The molecule has 0 radical (unpaired) electrons. The number of fused-ring (bicyclic) bond motifs is 1. The van der Waals surface area contributed by atoms with Crippen LogP contribution in [0.15, 0.2) is 36.4 Å². The number of urea groups is 1. The third kappa shape index (κ3) is 8.51. The first-order valence-corrected chi connectivity index (χ1v) is 17.6. The molecule has 1 atom stereocenters. The van der Waals surface area contributed by atoms with Gasteiger partial charge in [0.25, 0.3) is 5.91 Å². The zero-order valence-electron chi connectivity index (χ0n) is 28.6. The number of likely N-dealkylation sites (tertiary alicyclic amines) is 2. The van der Waals surface area contributed by atoms with Gasteiger partial charge in [-0.05, 0) is 61.4 Å². The van der Waals surface area contributed by atoms with E-state index in [1.54, 1.807) is 4.90 Å². The summed E-state index contributed by atoms with van der Waals surface area (Å²) in [4.78, 5) is 47.4. The predicted molar refractivity (Wildman–Crippen MR) is 179 cm³/mol. The number of anilines is 2. The first kappa shape index (κ1) is 37.5. The summed E-state index contributed by atoms with van der Waals surface area (Å²) >= 11 is 0. The Kier molecular flexibility index (Phi) is 11.1. The van der Waals surface area contributed by atoms with Gasteiger partial charge >= 0.3 is 24.5 Å². The average Bonchev–Trinajstić information content (AvgIpc) is 3.29. The number of nitrogen functional groups attached to an aromatic ring is 1. The second-order valence-corrected chi connectivity index (χ2v) is 13.8. The van der Waals surface area contributed by atoms with Crippen LogP contribution in [-0.2, 0) is 34.7 Å². The quantitative estimate of drug-likeness (QED) is 0.288. The van der Waals surface area contributed by atoms with E-state index in [4.69, 9.17) is 10.5 Å². The highest BCUT2D eigenvalue weighted by molar-refractivity contribution is 5.91. The van der Waals surface area contributed by atoms with E-state index in [0.29, 0.717) is 50.8 Å². The summed E-state index contributed by atoms with van der Waals surface area (Å²) in [6.45, 7) is 4.77. The zero-order chi connectivity index (χ0) is 37.2. The van der Waals surface area contributed by atoms with Crippen LogP contribution in [0.1, 0.15) is 47.9 Å². The Labute approximate surface area is 297 Å². The van der Waals surface area contributed by atoms with Gasteiger partial charge in [0.15, 0.2) is 6.10 Å². The van der Waals surface area contributed by atoms with Gasteiger partial charge in [-0.3, -0.25) is 9.69 Å². The number of carbonyl (C=O) groups is 3. The summed E-state index contributed by atoms with van der Waals surface area (Å²) < 4.78 is 88.8. The third-order valence-corrected chi connectivity index (χ3v) is 10.5. The summed E-state index contributed by atoms with van der Waals surface area (Å²) in [5, 5.41) is 6.23. The number of alkyl halides is 6. The summed E-state index contributed by atoms with van der Waals surface area (Å²) in [7, 11) is 0. The molecular formula is C35H43F6N7O4. The van der Waals surface area contributed by atoms with Gasteiger partial charge < -0.3 is 35.8 Å². The molecule has 0 aromatic heterocycles. The van der Waals surface area contributed by atoms with Gasteiger partial charge in [0.2, 0.25) is 0 Å². The van der Waals surface area contributed by atoms with E-state index < -0.39 is 59.3 Å². The Hall–Kier alpha value is -4.25. The van der Waals surface area contributed by atoms with Gasteiger partial charge in [0, 0.05) is 83.1 Å². The lowest BCUT2D eigenvalue weighted by Gasteiger charge is -2.41. The molecular weight excluding hydrogens is 696 g/mol. The number of benzene rings is 2. The molecule has 6 rings (SSSR count). The number of halogens is 6. The normalized spacial score (nSPS) is 20.6. The zero-order valence-corrected chi connectivity index (χ0v) is 28.6. The molecule has 4 N–H and O–H groups in total. The number of nitrogens with zero attached hydrogens (tertiary/aromatic N) is 4. The topological polar surface area (TPSA) is 123 Å². The van der Waals surface area contributed by atoms with Crippen LogP contribution in [0.3, 0.4) is 0 Å². The van der Waals surface area contributed by atoms with E-state index in [-0.39, 0.29) is 44.3 Å². The predicted octanol–water partition coefficient (Wildman–Crippen LogP) is 4.80. The molecule has 11 nitrogen and oxygen atoms in total. The number of rotatable bonds is 6.